The molecule has 0 saturated heterocycles. The lowest BCUT2D eigenvalue weighted by molar-refractivity contribution is -0.137. The number of aryl methyl sites for hydroxylation is 1. The molecule has 0 heterocycles. The SMILES string of the molecule is O=C(O)CCCc1ccc(OCc2ccccc2)c(CC(=O)O)c1. The fourth-order valence-corrected chi connectivity index (χ4v) is 2.41. The van der Waals surface area contributed by atoms with Crippen LogP contribution in [0.25, 0.3) is 0 Å². The first-order valence-corrected chi connectivity index (χ1v) is 7.76. The molecule has 2 aromatic carbocycles. The molecule has 0 spiro atoms. The monoisotopic (exact) mass is 328 g/mol. The Kier molecular flexibility index (Phi) is 6.37. The van der Waals surface area contributed by atoms with Gasteiger partial charge >= 0.3 is 11.9 Å². The van der Waals surface area contributed by atoms with Crippen LogP contribution in [0.4, 0.5) is 0 Å². The zero-order valence-corrected chi connectivity index (χ0v) is 13.3. The maximum absolute atomic E-state index is 11.1. The first-order chi connectivity index (χ1) is 11.5. The molecule has 0 aromatic heterocycles. The largest absolute Gasteiger partial charge is 0.489 e. The highest BCUT2D eigenvalue weighted by Crippen LogP contribution is 2.23. The average Bonchev–Trinajstić information content (AvgIpc) is 2.54. The van der Waals surface area contributed by atoms with E-state index in [0.29, 0.717) is 30.8 Å². The van der Waals surface area contributed by atoms with Gasteiger partial charge in [-0.05, 0) is 30.0 Å². The zero-order valence-electron chi connectivity index (χ0n) is 13.3. The Bertz CT molecular complexity index is 694. The van der Waals surface area contributed by atoms with E-state index < -0.39 is 11.9 Å². The van der Waals surface area contributed by atoms with Gasteiger partial charge in [0.1, 0.15) is 12.4 Å². The second kappa shape index (κ2) is 8.72. The van der Waals surface area contributed by atoms with Crippen LogP contribution in [0.15, 0.2) is 48.5 Å². The summed E-state index contributed by atoms with van der Waals surface area (Å²) in [6.07, 6.45) is 1.08. The fourth-order valence-electron chi connectivity index (χ4n) is 2.41. The van der Waals surface area contributed by atoms with Crippen LogP contribution in [0.5, 0.6) is 5.75 Å². The molecule has 2 N–H and O–H groups in total. The molecule has 0 bridgehead atoms. The number of ether oxygens (including phenoxy) is 1. The van der Waals surface area contributed by atoms with E-state index in [9.17, 15) is 9.59 Å². The van der Waals surface area contributed by atoms with Crippen LogP contribution in [-0.2, 0) is 29.0 Å². The maximum atomic E-state index is 11.1. The Morgan fingerprint density at radius 2 is 1.67 bits per heavy atom. The molecule has 0 unspecified atom stereocenters. The van der Waals surface area contributed by atoms with Crippen molar-refractivity contribution in [3.8, 4) is 5.75 Å². The lowest BCUT2D eigenvalue weighted by Crippen LogP contribution is -2.05. The molecule has 0 aliphatic carbocycles. The van der Waals surface area contributed by atoms with Crippen molar-refractivity contribution in [2.45, 2.75) is 32.3 Å². The number of carbonyl (C=O) groups is 2. The highest BCUT2D eigenvalue weighted by Gasteiger charge is 2.10. The van der Waals surface area contributed by atoms with E-state index in [2.05, 4.69) is 0 Å². The molecule has 5 heteroatoms. The minimum Gasteiger partial charge on any atom is -0.489 e. The van der Waals surface area contributed by atoms with E-state index in [1.165, 1.54) is 0 Å². The zero-order chi connectivity index (χ0) is 17.4. The number of rotatable bonds is 9. The van der Waals surface area contributed by atoms with Crippen LogP contribution in [0.2, 0.25) is 0 Å². The van der Waals surface area contributed by atoms with Crippen molar-refractivity contribution < 1.29 is 24.5 Å². The molecule has 0 atom stereocenters. The summed E-state index contributed by atoms with van der Waals surface area (Å²) in [7, 11) is 0. The lowest BCUT2D eigenvalue weighted by Gasteiger charge is -2.12. The van der Waals surface area contributed by atoms with Crippen molar-refractivity contribution in [3.63, 3.8) is 0 Å². The molecule has 0 aliphatic heterocycles. The number of hydrogen-bond acceptors (Lipinski definition) is 3. The van der Waals surface area contributed by atoms with Crippen molar-refractivity contribution in [1.82, 2.24) is 0 Å². The number of hydrogen-bond donors (Lipinski definition) is 2. The Morgan fingerprint density at radius 1 is 0.917 bits per heavy atom. The van der Waals surface area contributed by atoms with Crippen molar-refractivity contribution >= 4 is 11.9 Å². The summed E-state index contributed by atoms with van der Waals surface area (Å²) in [6, 6.07) is 15.0. The molecule has 126 valence electrons. The van der Waals surface area contributed by atoms with Gasteiger partial charge in [-0.25, -0.2) is 0 Å². The van der Waals surface area contributed by atoms with Gasteiger partial charge in [-0.3, -0.25) is 9.59 Å². The van der Waals surface area contributed by atoms with E-state index in [-0.39, 0.29) is 12.8 Å². The van der Waals surface area contributed by atoms with Crippen molar-refractivity contribution in [2.75, 3.05) is 0 Å². The van der Waals surface area contributed by atoms with E-state index in [1.807, 2.05) is 36.4 Å². The molecular weight excluding hydrogens is 308 g/mol. The Balaban J connectivity index is 2.08. The summed E-state index contributed by atoms with van der Waals surface area (Å²) in [4.78, 5) is 21.7. The van der Waals surface area contributed by atoms with Crippen molar-refractivity contribution in [3.05, 3.63) is 65.2 Å². The molecule has 0 aliphatic rings. The van der Waals surface area contributed by atoms with Gasteiger partial charge < -0.3 is 14.9 Å². The highest BCUT2D eigenvalue weighted by atomic mass is 16.5. The summed E-state index contributed by atoms with van der Waals surface area (Å²) in [5.41, 5.74) is 2.52. The van der Waals surface area contributed by atoms with Crippen LogP contribution in [0.1, 0.15) is 29.5 Å². The number of aliphatic carboxylic acids is 2. The van der Waals surface area contributed by atoms with Crippen LogP contribution in [-0.4, -0.2) is 22.2 Å². The predicted octanol–water partition coefficient (Wildman–Crippen LogP) is 3.30. The molecule has 2 rings (SSSR count). The molecule has 5 nitrogen and oxygen atoms in total. The molecule has 0 radical (unpaired) electrons. The van der Waals surface area contributed by atoms with Crippen molar-refractivity contribution in [1.29, 1.82) is 0 Å². The van der Waals surface area contributed by atoms with Gasteiger partial charge in [-0.15, -0.1) is 0 Å². The number of benzene rings is 2. The minimum absolute atomic E-state index is 0.0977. The fraction of sp³-hybridized carbons (Fsp3) is 0.263. The minimum atomic E-state index is -0.928. The predicted molar refractivity (Wildman–Crippen MR) is 89.1 cm³/mol. The number of carboxylic acid groups (broad SMARTS) is 2. The van der Waals surface area contributed by atoms with Gasteiger partial charge in [0.2, 0.25) is 0 Å². The summed E-state index contributed by atoms with van der Waals surface area (Å²) >= 11 is 0. The number of carboxylic acids is 2. The van der Waals surface area contributed by atoms with Crippen LogP contribution < -0.4 is 4.74 Å². The molecule has 0 amide bonds. The summed E-state index contributed by atoms with van der Waals surface area (Å²) in [6.45, 7) is 0.367. The summed E-state index contributed by atoms with van der Waals surface area (Å²) < 4.78 is 5.76. The molecule has 0 saturated carbocycles. The summed E-state index contributed by atoms with van der Waals surface area (Å²) in [5, 5.41) is 17.8. The quantitative estimate of drug-likeness (QED) is 0.738. The standard InChI is InChI=1S/C19H20O5/c20-18(21)8-4-7-14-9-10-17(16(11-14)12-19(22)23)24-13-15-5-2-1-3-6-15/h1-3,5-6,9-11H,4,7-8,12-13H2,(H,20,21)(H,22,23). The lowest BCUT2D eigenvalue weighted by atomic mass is 10.0. The van der Waals surface area contributed by atoms with E-state index in [1.54, 1.807) is 12.1 Å². The third kappa shape index (κ3) is 5.76. The van der Waals surface area contributed by atoms with Gasteiger partial charge in [0.15, 0.2) is 0 Å². The van der Waals surface area contributed by atoms with Crippen molar-refractivity contribution in [2.24, 2.45) is 0 Å². The Labute approximate surface area is 140 Å². The summed E-state index contributed by atoms with van der Waals surface area (Å²) in [5.74, 6) is -1.21. The highest BCUT2D eigenvalue weighted by molar-refractivity contribution is 5.71. The smallest absolute Gasteiger partial charge is 0.307 e. The van der Waals surface area contributed by atoms with E-state index >= 15 is 0 Å². The van der Waals surface area contributed by atoms with Crippen LogP contribution in [0, 0.1) is 0 Å². The van der Waals surface area contributed by atoms with Gasteiger partial charge in [0.25, 0.3) is 0 Å². The van der Waals surface area contributed by atoms with Gasteiger partial charge in [0.05, 0.1) is 6.42 Å². The Hall–Kier alpha value is -2.82. The first-order valence-electron chi connectivity index (χ1n) is 7.76. The molecular formula is C19H20O5. The third-order valence-corrected chi connectivity index (χ3v) is 3.56. The third-order valence-electron chi connectivity index (χ3n) is 3.56. The van der Waals surface area contributed by atoms with Crippen LogP contribution >= 0.6 is 0 Å². The van der Waals surface area contributed by atoms with Gasteiger partial charge in [0, 0.05) is 12.0 Å². The average molecular weight is 328 g/mol. The topological polar surface area (TPSA) is 83.8 Å². The molecule has 0 fully saturated rings. The molecule has 2 aromatic rings. The first kappa shape index (κ1) is 17.5. The normalized spacial score (nSPS) is 10.3. The molecule has 24 heavy (non-hydrogen) atoms. The van der Waals surface area contributed by atoms with Gasteiger partial charge in [-0.2, -0.15) is 0 Å². The second-order valence-electron chi connectivity index (χ2n) is 5.53. The van der Waals surface area contributed by atoms with E-state index in [4.69, 9.17) is 14.9 Å². The Morgan fingerprint density at radius 3 is 2.33 bits per heavy atom. The van der Waals surface area contributed by atoms with Gasteiger partial charge in [-0.1, -0.05) is 42.5 Å². The maximum Gasteiger partial charge on any atom is 0.307 e. The van der Waals surface area contributed by atoms with E-state index in [0.717, 1.165) is 11.1 Å². The second-order valence-corrected chi connectivity index (χ2v) is 5.53. The van der Waals surface area contributed by atoms with Crippen LogP contribution in [0.3, 0.4) is 0 Å².